The molecule has 0 atom stereocenters. The van der Waals surface area contributed by atoms with Gasteiger partial charge in [0.2, 0.25) is 0 Å². The highest BCUT2D eigenvalue weighted by Gasteiger charge is 2.08. The van der Waals surface area contributed by atoms with Crippen molar-refractivity contribution in [3.05, 3.63) is 45.7 Å². The number of aromatic nitrogens is 2. The molecule has 0 bridgehead atoms. The summed E-state index contributed by atoms with van der Waals surface area (Å²) in [6.45, 7) is 7.49. The fraction of sp³-hybridized carbons (Fsp3) is 0.357. The average molecular weight is 309 g/mol. The minimum absolute atomic E-state index is 0.622. The van der Waals surface area contributed by atoms with Crippen molar-refractivity contribution in [2.45, 2.75) is 27.3 Å². The first-order valence-corrected chi connectivity index (χ1v) is 6.76. The lowest BCUT2D eigenvalue weighted by atomic mass is 10.2. The highest BCUT2D eigenvalue weighted by Crippen LogP contribution is 2.19. The van der Waals surface area contributed by atoms with Crippen LogP contribution in [-0.4, -0.2) is 16.4 Å². The van der Waals surface area contributed by atoms with Crippen LogP contribution < -0.4 is 4.74 Å². The van der Waals surface area contributed by atoms with Crippen LogP contribution in [0.4, 0.5) is 0 Å². The lowest BCUT2D eigenvalue weighted by Gasteiger charge is -2.07. The smallest absolute Gasteiger partial charge is 0.119 e. The zero-order valence-corrected chi connectivity index (χ0v) is 12.5. The highest BCUT2D eigenvalue weighted by molar-refractivity contribution is 9.10. The number of hydrogen-bond donors (Lipinski definition) is 0. The van der Waals surface area contributed by atoms with Gasteiger partial charge in [-0.3, -0.25) is 4.68 Å². The summed E-state index contributed by atoms with van der Waals surface area (Å²) < 4.78 is 8.74. The van der Waals surface area contributed by atoms with Crippen LogP contribution in [0.15, 0.2) is 28.7 Å². The summed E-state index contributed by atoms with van der Waals surface area (Å²) in [4.78, 5) is 0. The van der Waals surface area contributed by atoms with Gasteiger partial charge in [-0.25, -0.2) is 0 Å². The standard InChI is InChI=1S/C14H17BrN2O/c1-10-4-6-13(7-5-10)18-9-8-17-12(3)14(15)11(2)16-17/h4-7H,8-9H2,1-3H3. The molecule has 0 saturated heterocycles. The lowest BCUT2D eigenvalue weighted by molar-refractivity contribution is 0.289. The normalized spacial score (nSPS) is 10.7. The first kappa shape index (κ1) is 13.1. The molecule has 96 valence electrons. The molecule has 0 spiro atoms. The third-order valence-electron chi connectivity index (χ3n) is 2.89. The third-order valence-corrected chi connectivity index (χ3v) is 4.03. The van der Waals surface area contributed by atoms with Crippen LogP contribution in [0, 0.1) is 20.8 Å². The molecule has 0 radical (unpaired) electrons. The topological polar surface area (TPSA) is 27.1 Å². The first-order chi connectivity index (χ1) is 8.58. The molecule has 1 heterocycles. The van der Waals surface area contributed by atoms with Crippen LogP contribution in [0.1, 0.15) is 17.0 Å². The molecule has 0 aliphatic carbocycles. The van der Waals surface area contributed by atoms with Gasteiger partial charge in [-0.05, 0) is 48.8 Å². The molecule has 0 saturated carbocycles. The average Bonchev–Trinajstić information content (AvgIpc) is 2.60. The first-order valence-electron chi connectivity index (χ1n) is 5.97. The van der Waals surface area contributed by atoms with Gasteiger partial charge < -0.3 is 4.74 Å². The van der Waals surface area contributed by atoms with Crippen LogP contribution in [0.5, 0.6) is 5.75 Å². The Kier molecular flexibility index (Phi) is 4.07. The van der Waals surface area contributed by atoms with E-state index >= 15 is 0 Å². The monoisotopic (exact) mass is 308 g/mol. The van der Waals surface area contributed by atoms with Gasteiger partial charge in [0, 0.05) is 5.69 Å². The van der Waals surface area contributed by atoms with Crippen molar-refractivity contribution in [1.29, 1.82) is 0 Å². The molecule has 0 N–H and O–H groups in total. The highest BCUT2D eigenvalue weighted by atomic mass is 79.9. The van der Waals surface area contributed by atoms with E-state index < -0.39 is 0 Å². The SMILES string of the molecule is Cc1ccc(OCCn2nc(C)c(Br)c2C)cc1. The van der Waals surface area contributed by atoms with Crippen LogP contribution in [-0.2, 0) is 6.54 Å². The number of halogens is 1. The molecule has 18 heavy (non-hydrogen) atoms. The van der Waals surface area contributed by atoms with Crippen LogP contribution in [0.2, 0.25) is 0 Å². The van der Waals surface area contributed by atoms with E-state index in [-0.39, 0.29) is 0 Å². The van der Waals surface area contributed by atoms with E-state index in [1.54, 1.807) is 0 Å². The summed E-state index contributed by atoms with van der Waals surface area (Å²) >= 11 is 3.52. The van der Waals surface area contributed by atoms with Gasteiger partial charge >= 0.3 is 0 Å². The van der Waals surface area contributed by atoms with Crippen molar-refractivity contribution in [2.75, 3.05) is 6.61 Å². The van der Waals surface area contributed by atoms with Crippen molar-refractivity contribution in [3.63, 3.8) is 0 Å². The molecule has 0 fully saturated rings. The summed E-state index contributed by atoms with van der Waals surface area (Å²) in [5, 5.41) is 4.44. The Morgan fingerprint density at radius 1 is 1.17 bits per heavy atom. The number of nitrogens with zero attached hydrogens (tertiary/aromatic N) is 2. The maximum absolute atomic E-state index is 5.69. The van der Waals surface area contributed by atoms with Crippen molar-refractivity contribution in [2.24, 2.45) is 0 Å². The fourth-order valence-electron chi connectivity index (χ4n) is 1.78. The maximum Gasteiger partial charge on any atom is 0.119 e. The van der Waals surface area contributed by atoms with Crippen molar-refractivity contribution in [1.82, 2.24) is 9.78 Å². The largest absolute Gasteiger partial charge is 0.492 e. The molecular weight excluding hydrogens is 292 g/mol. The van der Waals surface area contributed by atoms with Crippen LogP contribution in [0.25, 0.3) is 0 Å². The Morgan fingerprint density at radius 3 is 2.39 bits per heavy atom. The summed E-state index contributed by atoms with van der Waals surface area (Å²) in [6, 6.07) is 8.09. The predicted molar refractivity (Wildman–Crippen MR) is 76.1 cm³/mol. The van der Waals surface area contributed by atoms with E-state index in [0.29, 0.717) is 6.61 Å². The molecule has 2 rings (SSSR count). The van der Waals surface area contributed by atoms with Gasteiger partial charge in [0.1, 0.15) is 12.4 Å². The van der Waals surface area contributed by atoms with Gasteiger partial charge in [0.15, 0.2) is 0 Å². The molecule has 1 aromatic carbocycles. The quantitative estimate of drug-likeness (QED) is 0.862. The van der Waals surface area contributed by atoms with E-state index in [2.05, 4.69) is 47.0 Å². The lowest BCUT2D eigenvalue weighted by Crippen LogP contribution is -2.10. The second kappa shape index (κ2) is 5.57. The minimum atomic E-state index is 0.622. The summed E-state index contributed by atoms with van der Waals surface area (Å²) in [7, 11) is 0. The number of benzene rings is 1. The van der Waals surface area contributed by atoms with Gasteiger partial charge in [0.05, 0.1) is 16.7 Å². The van der Waals surface area contributed by atoms with Crippen LogP contribution in [0.3, 0.4) is 0 Å². The molecule has 0 aliphatic rings. The Morgan fingerprint density at radius 2 is 1.83 bits per heavy atom. The van der Waals surface area contributed by atoms with Crippen LogP contribution >= 0.6 is 15.9 Å². The maximum atomic E-state index is 5.69. The second-order valence-electron chi connectivity index (χ2n) is 4.37. The molecule has 3 nitrogen and oxygen atoms in total. The summed E-state index contributed by atoms with van der Waals surface area (Å²) in [5.74, 6) is 0.904. The van der Waals surface area contributed by atoms with Gasteiger partial charge in [-0.2, -0.15) is 5.10 Å². The summed E-state index contributed by atoms with van der Waals surface area (Å²) in [6.07, 6.45) is 0. The zero-order chi connectivity index (χ0) is 13.1. The molecule has 4 heteroatoms. The number of rotatable bonds is 4. The molecule has 2 aromatic rings. The van der Waals surface area contributed by atoms with E-state index in [4.69, 9.17) is 4.74 Å². The second-order valence-corrected chi connectivity index (χ2v) is 5.16. The Hall–Kier alpha value is -1.29. The van der Waals surface area contributed by atoms with E-state index in [1.807, 2.05) is 23.7 Å². The number of hydrogen-bond acceptors (Lipinski definition) is 2. The molecule has 0 amide bonds. The van der Waals surface area contributed by atoms with E-state index in [1.165, 1.54) is 5.56 Å². The van der Waals surface area contributed by atoms with Crippen molar-refractivity contribution >= 4 is 15.9 Å². The zero-order valence-electron chi connectivity index (χ0n) is 10.9. The van der Waals surface area contributed by atoms with Gasteiger partial charge in [-0.15, -0.1) is 0 Å². The van der Waals surface area contributed by atoms with E-state index in [0.717, 1.165) is 28.2 Å². The molecule has 1 aromatic heterocycles. The van der Waals surface area contributed by atoms with Crippen molar-refractivity contribution in [3.8, 4) is 5.75 Å². The molecular formula is C14H17BrN2O. The number of aryl methyl sites for hydroxylation is 2. The fourth-order valence-corrected chi connectivity index (χ4v) is 2.06. The molecule has 0 unspecified atom stereocenters. The van der Waals surface area contributed by atoms with Gasteiger partial charge in [-0.1, -0.05) is 17.7 Å². The predicted octanol–water partition coefficient (Wildman–Crippen LogP) is 3.65. The van der Waals surface area contributed by atoms with Crippen molar-refractivity contribution < 1.29 is 4.74 Å². The van der Waals surface area contributed by atoms with E-state index in [9.17, 15) is 0 Å². The molecule has 0 aliphatic heterocycles. The summed E-state index contributed by atoms with van der Waals surface area (Å²) in [5.41, 5.74) is 3.40. The van der Waals surface area contributed by atoms with Gasteiger partial charge in [0.25, 0.3) is 0 Å². The Balaban J connectivity index is 1.92. The Labute approximate surface area is 116 Å². The minimum Gasteiger partial charge on any atom is -0.492 e. The number of ether oxygens (including phenoxy) is 1. The third kappa shape index (κ3) is 2.93. The Bertz CT molecular complexity index is 531.